The third kappa shape index (κ3) is 1.98. The molecule has 0 bridgehead atoms. The molecule has 0 amide bonds. The third-order valence-corrected chi connectivity index (χ3v) is 2.54. The average Bonchev–Trinajstić information content (AvgIpc) is 2.34. The van der Waals surface area contributed by atoms with Crippen LogP contribution in [0.4, 0.5) is 0 Å². The Kier molecular flexibility index (Phi) is 2.74. The highest BCUT2D eigenvalue weighted by atomic mass is 15.2. The standard InChI is InChI=1S/C10H18N2/c1-10(2,3)12-7-5-6-9(12)8-11-4/h9H,5-8H2,1-3H3. The first kappa shape index (κ1) is 9.54. The van der Waals surface area contributed by atoms with Crippen LogP contribution in [-0.2, 0) is 0 Å². The summed E-state index contributed by atoms with van der Waals surface area (Å²) in [6, 6.07) is 0.516. The van der Waals surface area contributed by atoms with Gasteiger partial charge in [0.25, 0.3) is 0 Å². The lowest BCUT2D eigenvalue weighted by Crippen LogP contribution is -2.45. The largest absolute Gasteiger partial charge is 0.315 e. The topological polar surface area (TPSA) is 7.60 Å². The SMILES string of the molecule is [C-]#[N+]CC1CCCN1C(C)(C)C. The lowest BCUT2D eigenvalue weighted by molar-refractivity contribution is 0.129. The smallest absolute Gasteiger partial charge is 0.230 e. The van der Waals surface area contributed by atoms with Gasteiger partial charge in [0.2, 0.25) is 6.54 Å². The van der Waals surface area contributed by atoms with Gasteiger partial charge in [-0.05, 0) is 40.2 Å². The van der Waals surface area contributed by atoms with Crippen molar-refractivity contribution >= 4 is 0 Å². The molecule has 0 aromatic heterocycles. The Bertz CT molecular complexity index is 185. The van der Waals surface area contributed by atoms with Crippen LogP contribution < -0.4 is 0 Å². The highest BCUT2D eigenvalue weighted by Gasteiger charge is 2.34. The van der Waals surface area contributed by atoms with Crippen molar-refractivity contribution in [1.29, 1.82) is 0 Å². The summed E-state index contributed by atoms with van der Waals surface area (Å²) < 4.78 is 0. The van der Waals surface area contributed by atoms with E-state index in [0.717, 1.165) is 0 Å². The van der Waals surface area contributed by atoms with E-state index in [1.54, 1.807) is 0 Å². The van der Waals surface area contributed by atoms with Crippen LogP contribution >= 0.6 is 0 Å². The van der Waals surface area contributed by atoms with Gasteiger partial charge in [0.15, 0.2) is 0 Å². The fourth-order valence-electron chi connectivity index (χ4n) is 2.01. The van der Waals surface area contributed by atoms with Gasteiger partial charge in [-0.25, -0.2) is 6.57 Å². The van der Waals surface area contributed by atoms with Crippen molar-refractivity contribution in [1.82, 2.24) is 4.90 Å². The van der Waals surface area contributed by atoms with Gasteiger partial charge < -0.3 is 4.85 Å². The first-order valence-corrected chi connectivity index (χ1v) is 4.65. The minimum Gasteiger partial charge on any atom is -0.315 e. The quantitative estimate of drug-likeness (QED) is 0.542. The third-order valence-electron chi connectivity index (χ3n) is 2.54. The first-order valence-electron chi connectivity index (χ1n) is 4.65. The molecule has 12 heavy (non-hydrogen) atoms. The highest BCUT2D eigenvalue weighted by Crippen LogP contribution is 2.26. The minimum atomic E-state index is 0.242. The predicted octanol–water partition coefficient (Wildman–Crippen LogP) is 2.17. The van der Waals surface area contributed by atoms with Gasteiger partial charge in [0.05, 0.1) is 6.04 Å². The summed E-state index contributed by atoms with van der Waals surface area (Å²) in [5.74, 6) is 0. The maximum Gasteiger partial charge on any atom is 0.230 e. The molecule has 1 saturated heterocycles. The molecule has 1 unspecified atom stereocenters. The molecule has 2 nitrogen and oxygen atoms in total. The molecule has 0 aromatic rings. The van der Waals surface area contributed by atoms with Crippen LogP contribution in [0.5, 0.6) is 0 Å². The summed E-state index contributed by atoms with van der Waals surface area (Å²) >= 11 is 0. The molecule has 0 aliphatic carbocycles. The Morgan fingerprint density at radius 3 is 2.67 bits per heavy atom. The van der Waals surface area contributed by atoms with Crippen LogP contribution in [0, 0.1) is 6.57 Å². The van der Waals surface area contributed by atoms with Crippen molar-refractivity contribution in [3.8, 4) is 0 Å². The molecule has 1 fully saturated rings. The average molecular weight is 166 g/mol. The molecule has 1 aliphatic rings. The van der Waals surface area contributed by atoms with Crippen molar-refractivity contribution in [3.05, 3.63) is 11.4 Å². The zero-order chi connectivity index (χ0) is 9.19. The van der Waals surface area contributed by atoms with Crippen LogP contribution in [0.2, 0.25) is 0 Å². The van der Waals surface area contributed by atoms with Crippen LogP contribution in [0.15, 0.2) is 0 Å². The fraction of sp³-hybridized carbons (Fsp3) is 0.900. The predicted molar refractivity (Wildman–Crippen MR) is 51.0 cm³/mol. The lowest BCUT2D eigenvalue weighted by Gasteiger charge is -2.34. The zero-order valence-corrected chi connectivity index (χ0v) is 8.30. The zero-order valence-electron chi connectivity index (χ0n) is 8.30. The number of nitrogens with zero attached hydrogens (tertiary/aromatic N) is 2. The molecule has 68 valence electrons. The highest BCUT2D eigenvalue weighted by molar-refractivity contribution is 4.91. The van der Waals surface area contributed by atoms with Crippen LogP contribution in [0.1, 0.15) is 33.6 Å². The molecule has 0 aromatic carbocycles. The van der Waals surface area contributed by atoms with Gasteiger partial charge in [0.1, 0.15) is 0 Å². The summed E-state index contributed by atoms with van der Waals surface area (Å²) in [6.45, 7) is 15.4. The van der Waals surface area contributed by atoms with E-state index in [1.807, 2.05) is 0 Å². The Balaban J connectivity index is 2.59. The second-order valence-electron chi connectivity index (χ2n) is 4.50. The van der Waals surface area contributed by atoms with Crippen molar-refractivity contribution in [2.24, 2.45) is 0 Å². The van der Waals surface area contributed by atoms with E-state index in [0.29, 0.717) is 12.6 Å². The van der Waals surface area contributed by atoms with Crippen LogP contribution in [-0.4, -0.2) is 29.6 Å². The molecule has 2 heteroatoms. The van der Waals surface area contributed by atoms with E-state index in [4.69, 9.17) is 6.57 Å². The second-order valence-corrected chi connectivity index (χ2v) is 4.50. The van der Waals surface area contributed by atoms with Crippen molar-refractivity contribution in [3.63, 3.8) is 0 Å². The van der Waals surface area contributed by atoms with Gasteiger partial charge in [0, 0.05) is 5.54 Å². The van der Waals surface area contributed by atoms with Crippen molar-refractivity contribution in [2.75, 3.05) is 13.1 Å². The summed E-state index contributed by atoms with van der Waals surface area (Å²) in [6.07, 6.45) is 2.47. The van der Waals surface area contributed by atoms with Gasteiger partial charge in [-0.2, -0.15) is 0 Å². The van der Waals surface area contributed by atoms with Gasteiger partial charge in [-0.15, -0.1) is 0 Å². The van der Waals surface area contributed by atoms with E-state index < -0.39 is 0 Å². The Labute approximate surface area is 75.4 Å². The molecular formula is C10H18N2. The lowest BCUT2D eigenvalue weighted by atomic mass is 10.0. The Morgan fingerprint density at radius 2 is 2.17 bits per heavy atom. The van der Waals surface area contributed by atoms with Crippen LogP contribution in [0.25, 0.3) is 4.85 Å². The second kappa shape index (κ2) is 3.45. The monoisotopic (exact) mass is 166 g/mol. The maximum absolute atomic E-state index is 6.86. The molecule has 1 atom stereocenters. The Morgan fingerprint density at radius 1 is 1.50 bits per heavy atom. The number of hydrogen-bond acceptors (Lipinski definition) is 1. The van der Waals surface area contributed by atoms with Gasteiger partial charge in [-0.3, -0.25) is 4.90 Å². The summed E-state index contributed by atoms with van der Waals surface area (Å²) in [5.41, 5.74) is 0.242. The normalized spacial score (nSPS) is 25.7. The van der Waals surface area contributed by atoms with Crippen molar-refractivity contribution < 1.29 is 0 Å². The number of likely N-dealkylation sites (tertiary alicyclic amines) is 1. The van der Waals surface area contributed by atoms with E-state index >= 15 is 0 Å². The molecule has 1 rings (SSSR count). The number of hydrogen-bond donors (Lipinski definition) is 0. The van der Waals surface area contributed by atoms with Gasteiger partial charge in [-0.1, -0.05) is 0 Å². The fourth-order valence-corrected chi connectivity index (χ4v) is 2.01. The van der Waals surface area contributed by atoms with E-state index in [9.17, 15) is 0 Å². The van der Waals surface area contributed by atoms with E-state index in [-0.39, 0.29) is 5.54 Å². The first-order chi connectivity index (χ1) is 5.55. The minimum absolute atomic E-state index is 0.242. The van der Waals surface area contributed by atoms with Crippen molar-refractivity contribution in [2.45, 2.75) is 45.2 Å². The molecule has 1 aliphatic heterocycles. The molecule has 1 heterocycles. The Hall–Kier alpha value is -0.550. The maximum atomic E-state index is 6.86. The summed E-state index contributed by atoms with van der Waals surface area (Å²) in [5, 5.41) is 0. The number of rotatable bonds is 1. The summed E-state index contributed by atoms with van der Waals surface area (Å²) in [7, 11) is 0. The molecular weight excluding hydrogens is 148 g/mol. The van der Waals surface area contributed by atoms with E-state index in [1.165, 1.54) is 19.4 Å². The molecule has 0 spiro atoms. The van der Waals surface area contributed by atoms with E-state index in [2.05, 4.69) is 30.5 Å². The molecule has 0 saturated carbocycles. The summed E-state index contributed by atoms with van der Waals surface area (Å²) in [4.78, 5) is 5.95. The molecule has 0 N–H and O–H groups in total. The van der Waals surface area contributed by atoms with Gasteiger partial charge >= 0.3 is 0 Å². The van der Waals surface area contributed by atoms with Crippen LogP contribution in [0.3, 0.4) is 0 Å². The molecule has 0 radical (unpaired) electrons.